The third-order valence-corrected chi connectivity index (χ3v) is 1.28. The van der Waals surface area contributed by atoms with E-state index in [9.17, 15) is 0 Å². The van der Waals surface area contributed by atoms with Crippen molar-refractivity contribution in [1.82, 2.24) is 5.48 Å². The summed E-state index contributed by atoms with van der Waals surface area (Å²) >= 11 is 3.24. The van der Waals surface area contributed by atoms with E-state index in [2.05, 4.69) is 21.4 Å². The molecular formula is C5H8BrNO. The van der Waals surface area contributed by atoms with Crippen LogP contribution in [0.4, 0.5) is 0 Å². The second-order valence-electron chi connectivity index (χ2n) is 2.30. The van der Waals surface area contributed by atoms with Gasteiger partial charge in [0.15, 0.2) is 0 Å². The van der Waals surface area contributed by atoms with Crippen molar-refractivity contribution in [3.05, 3.63) is 10.7 Å². The Balaban J connectivity index is 2.67. The van der Waals surface area contributed by atoms with E-state index < -0.39 is 0 Å². The highest BCUT2D eigenvalue weighted by Gasteiger charge is 2.21. The first-order valence-electron chi connectivity index (χ1n) is 2.42. The van der Waals surface area contributed by atoms with Gasteiger partial charge in [0.1, 0.15) is 10.2 Å². The predicted molar refractivity (Wildman–Crippen MR) is 35.3 cm³/mol. The van der Waals surface area contributed by atoms with Crippen LogP contribution >= 0.6 is 15.9 Å². The molecule has 46 valence electrons. The molecule has 1 aliphatic heterocycles. The summed E-state index contributed by atoms with van der Waals surface area (Å²) < 4.78 is 0.905. The molecular weight excluding hydrogens is 170 g/mol. The lowest BCUT2D eigenvalue weighted by Gasteiger charge is -2.11. The molecule has 0 aromatic carbocycles. The molecule has 0 aromatic rings. The Morgan fingerprint density at radius 3 is 2.50 bits per heavy atom. The van der Waals surface area contributed by atoms with Crippen LogP contribution in [0.1, 0.15) is 13.8 Å². The number of halogens is 1. The fraction of sp³-hybridized carbons (Fsp3) is 0.600. The fourth-order valence-corrected chi connectivity index (χ4v) is 1.18. The second kappa shape index (κ2) is 1.74. The molecule has 3 heteroatoms. The zero-order chi connectivity index (χ0) is 6.20. The number of rotatable bonds is 0. The first-order valence-corrected chi connectivity index (χ1v) is 3.22. The van der Waals surface area contributed by atoms with Gasteiger partial charge in [-0.2, -0.15) is 0 Å². The molecule has 8 heavy (non-hydrogen) atoms. The highest BCUT2D eigenvalue weighted by atomic mass is 79.9. The molecule has 0 radical (unpaired) electrons. The zero-order valence-corrected chi connectivity index (χ0v) is 6.45. The lowest BCUT2D eigenvalue weighted by atomic mass is 10.1. The van der Waals surface area contributed by atoms with Crippen LogP contribution in [-0.4, -0.2) is 5.60 Å². The first kappa shape index (κ1) is 6.11. The van der Waals surface area contributed by atoms with E-state index in [0.717, 1.165) is 4.61 Å². The highest BCUT2D eigenvalue weighted by Crippen LogP contribution is 2.20. The monoisotopic (exact) mass is 177 g/mol. The molecule has 0 atom stereocenters. The van der Waals surface area contributed by atoms with Crippen LogP contribution < -0.4 is 5.48 Å². The summed E-state index contributed by atoms with van der Waals surface area (Å²) in [6.07, 6.45) is 1.97. The Labute approximate surface area is 57.0 Å². The van der Waals surface area contributed by atoms with Crippen molar-refractivity contribution in [3.8, 4) is 0 Å². The molecule has 0 spiro atoms. The van der Waals surface area contributed by atoms with Gasteiger partial charge < -0.3 is 0 Å². The quantitative estimate of drug-likeness (QED) is 0.568. The summed E-state index contributed by atoms with van der Waals surface area (Å²) in [5, 5.41) is 0. The van der Waals surface area contributed by atoms with Gasteiger partial charge in [-0.25, -0.2) is 0 Å². The third kappa shape index (κ3) is 1.23. The van der Waals surface area contributed by atoms with Crippen molar-refractivity contribution in [3.63, 3.8) is 0 Å². The minimum Gasteiger partial charge on any atom is -0.265 e. The predicted octanol–water partition coefficient (Wildman–Crippen LogP) is 1.54. The van der Waals surface area contributed by atoms with Crippen molar-refractivity contribution < 1.29 is 4.84 Å². The molecule has 0 aliphatic carbocycles. The molecule has 0 saturated carbocycles. The molecule has 1 N–H and O–H groups in total. The van der Waals surface area contributed by atoms with E-state index in [4.69, 9.17) is 4.84 Å². The van der Waals surface area contributed by atoms with E-state index in [1.165, 1.54) is 0 Å². The fourth-order valence-electron chi connectivity index (χ4n) is 0.544. The van der Waals surface area contributed by atoms with Gasteiger partial charge in [-0.1, -0.05) is 0 Å². The van der Waals surface area contributed by atoms with Crippen LogP contribution in [0.15, 0.2) is 10.7 Å². The van der Waals surface area contributed by atoms with Crippen LogP contribution in [0.2, 0.25) is 0 Å². The Hall–Kier alpha value is -0.0200. The van der Waals surface area contributed by atoms with E-state index in [-0.39, 0.29) is 5.60 Å². The molecule has 1 rings (SSSR count). The smallest absolute Gasteiger partial charge is 0.111 e. The topological polar surface area (TPSA) is 21.3 Å². The average molecular weight is 178 g/mol. The molecule has 0 fully saturated rings. The van der Waals surface area contributed by atoms with Gasteiger partial charge in [-0.15, -0.1) is 0 Å². The Morgan fingerprint density at radius 2 is 2.38 bits per heavy atom. The maximum absolute atomic E-state index is 5.06. The van der Waals surface area contributed by atoms with Gasteiger partial charge in [-0.3, -0.25) is 10.3 Å². The maximum Gasteiger partial charge on any atom is 0.111 e. The average Bonchev–Trinajstić information content (AvgIpc) is 1.82. The maximum atomic E-state index is 5.06. The summed E-state index contributed by atoms with van der Waals surface area (Å²) in [6, 6.07) is 0. The summed E-state index contributed by atoms with van der Waals surface area (Å²) in [7, 11) is 0. The van der Waals surface area contributed by atoms with Gasteiger partial charge in [0.2, 0.25) is 0 Å². The third-order valence-electron chi connectivity index (χ3n) is 0.886. The van der Waals surface area contributed by atoms with Crippen molar-refractivity contribution in [2.45, 2.75) is 19.4 Å². The molecule has 0 saturated heterocycles. The Kier molecular flexibility index (Phi) is 1.33. The van der Waals surface area contributed by atoms with Gasteiger partial charge in [0.05, 0.1) is 0 Å². The highest BCUT2D eigenvalue weighted by molar-refractivity contribution is 9.11. The van der Waals surface area contributed by atoms with E-state index in [1.807, 2.05) is 19.9 Å². The Morgan fingerprint density at radius 1 is 1.75 bits per heavy atom. The molecule has 1 heterocycles. The first-order chi connectivity index (χ1) is 3.60. The standard InChI is InChI=1S/C5H8BrNO/c1-5(2)3-4(6)7-8-5/h3,7H,1-2H3. The van der Waals surface area contributed by atoms with Gasteiger partial charge >= 0.3 is 0 Å². The lowest BCUT2D eigenvalue weighted by molar-refractivity contribution is -0.0124. The van der Waals surface area contributed by atoms with Crippen LogP contribution in [0, 0.1) is 0 Å². The minimum atomic E-state index is -0.154. The SMILES string of the molecule is CC1(C)C=C(Br)NO1. The minimum absolute atomic E-state index is 0.154. The van der Waals surface area contributed by atoms with Gasteiger partial charge in [-0.05, 0) is 35.9 Å². The summed E-state index contributed by atoms with van der Waals surface area (Å²) in [5.74, 6) is 0. The lowest BCUT2D eigenvalue weighted by Crippen LogP contribution is -2.20. The molecule has 1 aliphatic rings. The molecule has 2 nitrogen and oxygen atoms in total. The van der Waals surface area contributed by atoms with Crippen molar-refractivity contribution >= 4 is 15.9 Å². The summed E-state index contributed by atoms with van der Waals surface area (Å²) in [6.45, 7) is 3.96. The van der Waals surface area contributed by atoms with Crippen molar-refractivity contribution in [2.75, 3.05) is 0 Å². The zero-order valence-electron chi connectivity index (χ0n) is 4.86. The van der Waals surface area contributed by atoms with Crippen LogP contribution in [0.3, 0.4) is 0 Å². The summed E-state index contributed by atoms with van der Waals surface area (Å²) in [4.78, 5) is 5.06. The number of hydrogen-bond donors (Lipinski definition) is 1. The Bertz CT molecular complexity index is 130. The summed E-state index contributed by atoms with van der Waals surface area (Å²) in [5.41, 5.74) is 2.53. The number of hydroxylamine groups is 1. The van der Waals surface area contributed by atoms with Crippen LogP contribution in [0.25, 0.3) is 0 Å². The van der Waals surface area contributed by atoms with E-state index in [0.29, 0.717) is 0 Å². The van der Waals surface area contributed by atoms with Crippen LogP contribution in [0.5, 0.6) is 0 Å². The number of nitrogens with one attached hydrogen (secondary N) is 1. The van der Waals surface area contributed by atoms with Gasteiger partial charge in [0.25, 0.3) is 0 Å². The van der Waals surface area contributed by atoms with Crippen molar-refractivity contribution in [1.29, 1.82) is 0 Å². The van der Waals surface area contributed by atoms with E-state index >= 15 is 0 Å². The molecule has 0 bridgehead atoms. The van der Waals surface area contributed by atoms with E-state index in [1.54, 1.807) is 0 Å². The second-order valence-corrected chi connectivity index (χ2v) is 3.15. The molecule has 0 aromatic heterocycles. The van der Waals surface area contributed by atoms with Crippen molar-refractivity contribution in [2.24, 2.45) is 0 Å². The van der Waals surface area contributed by atoms with Gasteiger partial charge in [0, 0.05) is 0 Å². The van der Waals surface area contributed by atoms with Crippen LogP contribution in [-0.2, 0) is 4.84 Å². The molecule has 0 unspecified atom stereocenters. The normalized spacial score (nSPS) is 24.6. The number of hydrogen-bond acceptors (Lipinski definition) is 2. The molecule has 0 amide bonds. The largest absolute Gasteiger partial charge is 0.265 e.